The largest absolute Gasteiger partial charge is 0.309 e. The molecule has 2 nitrogen and oxygen atoms in total. The molecule has 0 saturated heterocycles. The van der Waals surface area contributed by atoms with Gasteiger partial charge in [0.2, 0.25) is 0 Å². The molecule has 0 radical (unpaired) electrons. The molecular weight excluding hydrogens is 1130 g/mol. The molecule has 17 rings (SSSR count). The highest BCUT2D eigenvalue weighted by Gasteiger charge is 2.24. The van der Waals surface area contributed by atoms with Crippen LogP contribution < -0.4 is 0 Å². The van der Waals surface area contributed by atoms with Gasteiger partial charge in [-0.1, -0.05) is 283 Å². The Kier molecular flexibility index (Phi) is 14.2. The number of hydrogen-bond donors (Lipinski definition) is 0. The van der Waals surface area contributed by atoms with Crippen LogP contribution in [0.3, 0.4) is 0 Å². The lowest BCUT2D eigenvalue weighted by Gasteiger charge is -2.23. The molecule has 0 bridgehead atoms. The summed E-state index contributed by atoms with van der Waals surface area (Å²) < 4.78 is 4.83. The number of rotatable bonds is 7. The normalized spacial score (nSPS) is 12.0. The van der Waals surface area contributed by atoms with Gasteiger partial charge in [0, 0.05) is 32.9 Å². The van der Waals surface area contributed by atoms with E-state index in [9.17, 15) is 0 Å². The maximum absolute atomic E-state index is 2.43. The van der Waals surface area contributed by atoms with Gasteiger partial charge in [-0.05, 0) is 207 Å². The van der Waals surface area contributed by atoms with E-state index < -0.39 is 0 Å². The van der Waals surface area contributed by atoms with Crippen molar-refractivity contribution in [1.29, 1.82) is 0 Å². The van der Waals surface area contributed by atoms with Gasteiger partial charge >= 0.3 is 0 Å². The summed E-state index contributed by atoms with van der Waals surface area (Å²) in [5.41, 5.74) is 25.3. The van der Waals surface area contributed by atoms with Crippen LogP contribution in [-0.4, -0.2) is 9.13 Å². The first-order valence-electron chi connectivity index (χ1n) is 33.1. The molecule has 0 fully saturated rings. The van der Waals surface area contributed by atoms with Crippen molar-refractivity contribution in [3.05, 3.63) is 326 Å². The number of aryl methyl sites for hydroxylation is 2. The van der Waals surface area contributed by atoms with Crippen LogP contribution in [0.5, 0.6) is 0 Å². The minimum Gasteiger partial charge on any atom is -0.309 e. The Hall–Kier alpha value is -11.1. The number of para-hydroxylation sites is 1. The molecule has 2 aromatic heterocycles. The van der Waals surface area contributed by atoms with Crippen molar-refractivity contribution in [3.8, 4) is 67.0 Å². The average molecular weight is 1210 g/mol. The summed E-state index contributed by atoms with van der Waals surface area (Å²) in [5, 5.41) is 15.4. The van der Waals surface area contributed by atoms with Crippen LogP contribution >= 0.6 is 0 Å². The molecule has 0 atom stereocenters. The lowest BCUT2D eigenvalue weighted by Crippen LogP contribution is -2.10. The van der Waals surface area contributed by atoms with Crippen LogP contribution in [0, 0.1) is 13.8 Å². The predicted molar refractivity (Wildman–Crippen MR) is 406 cm³/mol. The standard InChI is InChI=1S/C48H37N.C44H37N/c1-48(2,3)36-27-30-45-43(31-36)38-15-11-12-20-44(38)49(45)37-28-25-35(26-29-37)47-41-18-9-7-16-39(41)46(40-17-8-10-19-42(40)47)34-23-21-33(22-24-34)32-13-5-4-6-14-32;1-28-15-23-40-37(25-28)38-26-29(2)16-24-41(38)45(40)33-20-17-31(18-21-33)42-34-13-9-10-14-35(34)43(30-11-7-6-8-12-30)39-27-32(44(3,4)5)19-22-36(39)42/h4-31H,1-3H3;6-27H,1-5H3. The Bertz CT molecular complexity index is 5650. The van der Waals surface area contributed by atoms with Crippen LogP contribution in [0.4, 0.5) is 0 Å². The first kappa shape index (κ1) is 58.1. The number of benzene rings is 15. The van der Waals surface area contributed by atoms with Crippen LogP contribution in [0.15, 0.2) is 303 Å². The molecule has 0 N–H and O–H groups in total. The maximum Gasteiger partial charge on any atom is 0.0541 e. The van der Waals surface area contributed by atoms with E-state index in [2.05, 4.69) is 368 Å². The van der Waals surface area contributed by atoms with Crippen molar-refractivity contribution >= 4 is 86.7 Å². The summed E-state index contributed by atoms with van der Waals surface area (Å²) in [6.45, 7) is 18.1. The number of hydrogen-bond acceptors (Lipinski definition) is 0. The Morgan fingerprint density at radius 3 is 0.904 bits per heavy atom. The molecule has 17 aromatic rings. The van der Waals surface area contributed by atoms with E-state index in [-0.39, 0.29) is 10.8 Å². The average Bonchev–Trinajstić information content (AvgIpc) is 0.900. The minimum atomic E-state index is 0.0506. The second-order valence-electron chi connectivity index (χ2n) is 27.8. The molecule has 94 heavy (non-hydrogen) atoms. The molecule has 0 unspecified atom stereocenters. The molecule has 0 aliphatic heterocycles. The second-order valence-corrected chi connectivity index (χ2v) is 27.8. The summed E-state index contributed by atoms with van der Waals surface area (Å²) >= 11 is 0. The molecule has 0 saturated carbocycles. The van der Waals surface area contributed by atoms with Crippen LogP contribution in [0.1, 0.15) is 63.8 Å². The lowest BCUT2D eigenvalue weighted by molar-refractivity contribution is 0.591. The van der Waals surface area contributed by atoms with E-state index in [1.54, 1.807) is 0 Å². The topological polar surface area (TPSA) is 9.86 Å². The molecule has 2 heteroatoms. The zero-order valence-electron chi connectivity index (χ0n) is 54.8. The van der Waals surface area contributed by atoms with Crippen LogP contribution in [0.2, 0.25) is 0 Å². The van der Waals surface area contributed by atoms with E-state index in [4.69, 9.17) is 0 Å². The maximum atomic E-state index is 2.43. The molecule has 0 aliphatic carbocycles. The summed E-state index contributed by atoms with van der Waals surface area (Å²) in [6.07, 6.45) is 0. The zero-order chi connectivity index (χ0) is 64.0. The highest BCUT2D eigenvalue weighted by atomic mass is 15.0. The number of nitrogens with zero attached hydrogens (tertiary/aromatic N) is 2. The third-order valence-corrected chi connectivity index (χ3v) is 19.6. The van der Waals surface area contributed by atoms with Crippen molar-refractivity contribution in [1.82, 2.24) is 9.13 Å². The minimum absolute atomic E-state index is 0.0506. The molecule has 0 aliphatic rings. The van der Waals surface area contributed by atoms with Gasteiger partial charge in [0.25, 0.3) is 0 Å². The molecule has 2 heterocycles. The Balaban J connectivity index is 0.000000149. The molecule has 0 spiro atoms. The molecule has 0 amide bonds. The highest BCUT2D eigenvalue weighted by molar-refractivity contribution is 6.23. The van der Waals surface area contributed by atoms with Crippen molar-refractivity contribution in [2.45, 2.75) is 66.2 Å². The van der Waals surface area contributed by atoms with E-state index in [1.807, 2.05) is 0 Å². The quantitative estimate of drug-likeness (QED) is 0.141. The highest BCUT2D eigenvalue weighted by Crippen LogP contribution is 2.48. The van der Waals surface area contributed by atoms with Gasteiger partial charge < -0.3 is 9.13 Å². The van der Waals surface area contributed by atoms with Gasteiger partial charge in [-0.25, -0.2) is 0 Å². The van der Waals surface area contributed by atoms with Crippen LogP contribution in [-0.2, 0) is 10.8 Å². The number of aromatic nitrogens is 2. The van der Waals surface area contributed by atoms with Crippen LogP contribution in [0.25, 0.3) is 154 Å². The SMILES string of the molecule is CC(C)(C)c1ccc2c(c1)c1ccccc1n2-c1ccc(-c2c3ccccc3c(-c3ccc(-c4ccccc4)cc3)c3ccccc23)cc1.Cc1ccc2c(c1)c1cc(C)ccc1n2-c1ccc(-c2c3ccccc3c(-c3ccccc3)c3cc(C(C)(C)C)ccc23)cc1. The second kappa shape index (κ2) is 22.9. The van der Waals surface area contributed by atoms with Crippen molar-refractivity contribution in [2.75, 3.05) is 0 Å². The molecular formula is C92H74N2. The third kappa shape index (κ3) is 10.0. The third-order valence-electron chi connectivity index (χ3n) is 19.6. The Morgan fingerprint density at radius 1 is 0.202 bits per heavy atom. The van der Waals surface area contributed by atoms with Crippen molar-refractivity contribution < 1.29 is 0 Å². The fourth-order valence-corrected chi connectivity index (χ4v) is 14.9. The Labute approximate surface area is 551 Å². The Morgan fingerprint density at radius 2 is 0.479 bits per heavy atom. The van der Waals surface area contributed by atoms with E-state index >= 15 is 0 Å². The summed E-state index contributed by atoms with van der Waals surface area (Å²) in [5.74, 6) is 0. The smallest absolute Gasteiger partial charge is 0.0541 e. The lowest BCUT2D eigenvalue weighted by atomic mass is 9.81. The fourth-order valence-electron chi connectivity index (χ4n) is 14.9. The fraction of sp³-hybridized carbons (Fsp3) is 0.109. The monoisotopic (exact) mass is 1210 g/mol. The molecule has 452 valence electrons. The first-order chi connectivity index (χ1) is 45.7. The molecule has 15 aromatic carbocycles. The van der Waals surface area contributed by atoms with Gasteiger partial charge in [-0.2, -0.15) is 0 Å². The van der Waals surface area contributed by atoms with Gasteiger partial charge in [0.05, 0.1) is 22.1 Å². The number of fused-ring (bicyclic) bond motifs is 10. The van der Waals surface area contributed by atoms with Crippen molar-refractivity contribution in [3.63, 3.8) is 0 Å². The van der Waals surface area contributed by atoms with Gasteiger partial charge in [0.15, 0.2) is 0 Å². The van der Waals surface area contributed by atoms with E-state index in [0.29, 0.717) is 0 Å². The first-order valence-corrected chi connectivity index (χ1v) is 33.1. The predicted octanol–water partition coefficient (Wildman–Crippen LogP) is 25.7. The van der Waals surface area contributed by atoms with E-state index in [0.717, 1.165) is 0 Å². The van der Waals surface area contributed by atoms with Crippen molar-refractivity contribution in [2.24, 2.45) is 0 Å². The summed E-state index contributed by atoms with van der Waals surface area (Å²) in [6, 6.07) is 112. The van der Waals surface area contributed by atoms with Gasteiger partial charge in [0.1, 0.15) is 0 Å². The summed E-state index contributed by atoms with van der Waals surface area (Å²) in [7, 11) is 0. The van der Waals surface area contributed by atoms with Gasteiger partial charge in [-0.3, -0.25) is 0 Å². The van der Waals surface area contributed by atoms with E-state index in [1.165, 1.54) is 176 Å². The summed E-state index contributed by atoms with van der Waals surface area (Å²) in [4.78, 5) is 0. The van der Waals surface area contributed by atoms with Gasteiger partial charge in [-0.15, -0.1) is 0 Å². The zero-order valence-corrected chi connectivity index (χ0v) is 54.8.